The molecule has 1 heterocycles. The molecule has 0 radical (unpaired) electrons. The molecule has 2 aromatic carbocycles. The lowest BCUT2D eigenvalue weighted by Crippen LogP contribution is -2.01. The van der Waals surface area contributed by atoms with E-state index in [1.807, 2.05) is 6.07 Å². The van der Waals surface area contributed by atoms with E-state index in [0.29, 0.717) is 26.4 Å². The van der Waals surface area contributed by atoms with Crippen molar-refractivity contribution < 1.29 is 4.39 Å². The van der Waals surface area contributed by atoms with Gasteiger partial charge in [0.05, 0.1) is 21.4 Å². The fourth-order valence-electron chi connectivity index (χ4n) is 1.97. The summed E-state index contributed by atoms with van der Waals surface area (Å²) in [6.45, 7) is 0. The zero-order valence-electron chi connectivity index (χ0n) is 12.5. The Morgan fingerprint density at radius 1 is 1.20 bits per heavy atom. The second kappa shape index (κ2) is 7.62. The minimum atomic E-state index is -0.394. The minimum absolute atomic E-state index is 0.0978. The van der Waals surface area contributed by atoms with Crippen LogP contribution in [0.1, 0.15) is 5.01 Å². The van der Waals surface area contributed by atoms with Crippen LogP contribution in [0.3, 0.4) is 0 Å². The standard InChI is InChI=1S/C17H9Cl2FN4S/c18-13-5-4-10(6-14(13)19)16-9-25-17(22-16)15(8-21)24-23-12-3-1-2-11(20)7-12/h1-7,9,23H/b24-15+. The Morgan fingerprint density at radius 2 is 2.04 bits per heavy atom. The summed E-state index contributed by atoms with van der Waals surface area (Å²) in [6, 6.07) is 13.0. The molecule has 3 aromatic rings. The zero-order chi connectivity index (χ0) is 17.8. The first-order chi connectivity index (χ1) is 12.1. The second-order valence-electron chi connectivity index (χ2n) is 4.86. The van der Waals surface area contributed by atoms with Crippen molar-refractivity contribution in [3.05, 3.63) is 68.7 Å². The average Bonchev–Trinajstić information content (AvgIpc) is 3.08. The van der Waals surface area contributed by atoms with E-state index in [0.717, 1.165) is 5.56 Å². The first-order valence-corrected chi connectivity index (χ1v) is 8.61. The van der Waals surface area contributed by atoms with Gasteiger partial charge in [-0.3, -0.25) is 5.43 Å². The van der Waals surface area contributed by atoms with Crippen LogP contribution in [-0.4, -0.2) is 10.7 Å². The van der Waals surface area contributed by atoms with Gasteiger partial charge >= 0.3 is 0 Å². The van der Waals surface area contributed by atoms with Crippen LogP contribution in [-0.2, 0) is 0 Å². The van der Waals surface area contributed by atoms with Crippen LogP contribution >= 0.6 is 34.5 Å². The van der Waals surface area contributed by atoms with Crippen molar-refractivity contribution in [3.8, 4) is 17.3 Å². The Morgan fingerprint density at radius 3 is 2.76 bits per heavy atom. The molecule has 0 aliphatic carbocycles. The predicted molar refractivity (Wildman–Crippen MR) is 99.7 cm³/mol. The molecule has 0 fully saturated rings. The number of aromatic nitrogens is 1. The predicted octanol–water partition coefficient (Wildman–Crippen LogP) is 5.60. The highest BCUT2D eigenvalue weighted by molar-refractivity contribution is 7.12. The Labute approximate surface area is 157 Å². The van der Waals surface area contributed by atoms with Gasteiger partial charge in [0, 0.05) is 10.9 Å². The summed E-state index contributed by atoms with van der Waals surface area (Å²) >= 11 is 13.2. The first kappa shape index (κ1) is 17.4. The van der Waals surface area contributed by atoms with Crippen molar-refractivity contribution in [2.75, 3.05) is 5.43 Å². The maximum atomic E-state index is 13.2. The van der Waals surface area contributed by atoms with Gasteiger partial charge in [-0.2, -0.15) is 10.4 Å². The lowest BCUT2D eigenvalue weighted by molar-refractivity contribution is 0.628. The number of benzene rings is 2. The average molecular weight is 391 g/mol. The van der Waals surface area contributed by atoms with Crippen molar-refractivity contribution in [3.63, 3.8) is 0 Å². The number of hydrogen-bond donors (Lipinski definition) is 1. The van der Waals surface area contributed by atoms with Gasteiger partial charge in [0.25, 0.3) is 0 Å². The second-order valence-corrected chi connectivity index (χ2v) is 6.53. The molecule has 8 heteroatoms. The third-order valence-corrected chi connectivity index (χ3v) is 4.74. The third kappa shape index (κ3) is 4.15. The Bertz CT molecular complexity index is 994. The topological polar surface area (TPSA) is 61.1 Å². The van der Waals surface area contributed by atoms with Gasteiger partial charge in [0.2, 0.25) is 0 Å². The molecule has 0 aliphatic heterocycles. The number of rotatable bonds is 4. The summed E-state index contributed by atoms with van der Waals surface area (Å²) in [5.74, 6) is -0.394. The van der Waals surface area contributed by atoms with E-state index in [1.54, 1.807) is 35.7 Å². The van der Waals surface area contributed by atoms with E-state index in [1.165, 1.54) is 23.5 Å². The molecule has 0 unspecified atom stereocenters. The number of hydrogen-bond acceptors (Lipinski definition) is 5. The number of anilines is 1. The summed E-state index contributed by atoms with van der Waals surface area (Å²) in [7, 11) is 0. The molecule has 124 valence electrons. The van der Waals surface area contributed by atoms with Gasteiger partial charge in [-0.05, 0) is 30.3 Å². The molecule has 0 spiro atoms. The van der Waals surface area contributed by atoms with Crippen LogP contribution in [0, 0.1) is 17.1 Å². The monoisotopic (exact) mass is 390 g/mol. The van der Waals surface area contributed by atoms with E-state index >= 15 is 0 Å². The van der Waals surface area contributed by atoms with E-state index in [9.17, 15) is 9.65 Å². The molecule has 3 rings (SSSR count). The van der Waals surface area contributed by atoms with Gasteiger partial charge in [-0.1, -0.05) is 35.3 Å². The molecule has 1 aromatic heterocycles. The number of nitrogens with one attached hydrogen (secondary N) is 1. The number of nitriles is 1. The van der Waals surface area contributed by atoms with Crippen LogP contribution in [0.5, 0.6) is 0 Å². The Kier molecular flexibility index (Phi) is 5.29. The number of hydrazone groups is 1. The highest BCUT2D eigenvalue weighted by atomic mass is 35.5. The molecule has 25 heavy (non-hydrogen) atoms. The highest BCUT2D eigenvalue weighted by Gasteiger charge is 2.11. The molecule has 0 atom stereocenters. The largest absolute Gasteiger partial charge is 0.277 e. The maximum absolute atomic E-state index is 13.2. The van der Waals surface area contributed by atoms with E-state index in [2.05, 4.69) is 15.5 Å². The van der Waals surface area contributed by atoms with Crippen LogP contribution in [0.25, 0.3) is 11.3 Å². The highest BCUT2D eigenvalue weighted by Crippen LogP contribution is 2.29. The summed E-state index contributed by atoms with van der Waals surface area (Å²) in [4.78, 5) is 4.40. The van der Waals surface area contributed by atoms with Gasteiger partial charge in [-0.15, -0.1) is 11.3 Å². The molecular formula is C17H9Cl2FN4S. The summed E-state index contributed by atoms with van der Waals surface area (Å²) in [5, 5.41) is 16.4. The summed E-state index contributed by atoms with van der Waals surface area (Å²) in [6.07, 6.45) is 0. The third-order valence-electron chi connectivity index (χ3n) is 3.15. The fourth-order valence-corrected chi connectivity index (χ4v) is 3.03. The normalized spacial score (nSPS) is 11.2. The fraction of sp³-hybridized carbons (Fsp3) is 0. The molecule has 1 N–H and O–H groups in total. The quantitative estimate of drug-likeness (QED) is 0.466. The van der Waals surface area contributed by atoms with Crippen molar-refractivity contribution >= 4 is 45.9 Å². The Balaban J connectivity index is 1.85. The van der Waals surface area contributed by atoms with Gasteiger partial charge < -0.3 is 0 Å². The molecule has 0 saturated carbocycles. The molecule has 0 saturated heterocycles. The minimum Gasteiger partial charge on any atom is -0.277 e. The van der Waals surface area contributed by atoms with Crippen molar-refractivity contribution in [1.82, 2.24) is 4.98 Å². The van der Waals surface area contributed by atoms with Gasteiger partial charge in [0.1, 0.15) is 11.9 Å². The van der Waals surface area contributed by atoms with Crippen LogP contribution in [0.15, 0.2) is 52.9 Å². The van der Waals surface area contributed by atoms with Crippen LogP contribution < -0.4 is 5.43 Å². The lowest BCUT2D eigenvalue weighted by Gasteiger charge is -2.01. The number of thiazole rings is 1. The summed E-state index contributed by atoms with van der Waals surface area (Å²) < 4.78 is 13.2. The van der Waals surface area contributed by atoms with Crippen LogP contribution in [0.4, 0.5) is 10.1 Å². The van der Waals surface area contributed by atoms with Gasteiger partial charge in [0.15, 0.2) is 10.7 Å². The number of nitrogens with zero attached hydrogens (tertiary/aromatic N) is 3. The van der Waals surface area contributed by atoms with Crippen molar-refractivity contribution in [2.45, 2.75) is 0 Å². The molecule has 4 nitrogen and oxygen atoms in total. The van der Waals surface area contributed by atoms with Crippen LogP contribution in [0.2, 0.25) is 10.0 Å². The summed E-state index contributed by atoms with van der Waals surface area (Å²) in [5.41, 5.74) is 4.63. The lowest BCUT2D eigenvalue weighted by atomic mass is 10.2. The van der Waals surface area contributed by atoms with E-state index < -0.39 is 5.82 Å². The van der Waals surface area contributed by atoms with E-state index in [-0.39, 0.29) is 5.71 Å². The zero-order valence-corrected chi connectivity index (χ0v) is 14.8. The smallest absolute Gasteiger partial charge is 0.196 e. The number of halogens is 3. The van der Waals surface area contributed by atoms with Crippen molar-refractivity contribution in [2.24, 2.45) is 5.10 Å². The molecule has 0 aliphatic rings. The Hall–Kier alpha value is -2.46. The molecular weight excluding hydrogens is 382 g/mol. The molecule has 0 bridgehead atoms. The van der Waals surface area contributed by atoms with E-state index in [4.69, 9.17) is 23.2 Å². The SMILES string of the molecule is N#C/C(=N\Nc1cccc(F)c1)c1nc(-c2ccc(Cl)c(Cl)c2)cs1. The molecule has 0 amide bonds. The first-order valence-electron chi connectivity index (χ1n) is 6.97. The maximum Gasteiger partial charge on any atom is 0.196 e. The van der Waals surface area contributed by atoms with Crippen molar-refractivity contribution in [1.29, 1.82) is 5.26 Å². The van der Waals surface area contributed by atoms with Gasteiger partial charge in [-0.25, -0.2) is 9.37 Å².